The lowest BCUT2D eigenvalue weighted by atomic mass is 9.59. The summed E-state index contributed by atoms with van der Waals surface area (Å²) in [5, 5.41) is 0. The molecular formula is C23H37N. The first kappa shape index (κ1) is 15.1. The first-order chi connectivity index (χ1) is 11.9. The van der Waals surface area contributed by atoms with Crippen molar-refractivity contribution in [1.82, 2.24) is 4.90 Å². The molecule has 134 valence electrons. The Hall–Kier alpha value is -0.0400. The molecule has 0 aromatic carbocycles. The predicted molar refractivity (Wildman–Crippen MR) is 98.7 cm³/mol. The van der Waals surface area contributed by atoms with E-state index >= 15 is 0 Å². The Morgan fingerprint density at radius 2 is 1.25 bits per heavy atom. The summed E-state index contributed by atoms with van der Waals surface area (Å²) in [6.07, 6.45) is 20.5. The predicted octanol–water partition coefficient (Wildman–Crippen LogP) is 5.49. The van der Waals surface area contributed by atoms with Crippen molar-refractivity contribution in [2.75, 3.05) is 6.54 Å². The lowest BCUT2D eigenvalue weighted by Crippen LogP contribution is -2.61. The highest BCUT2D eigenvalue weighted by Crippen LogP contribution is 2.56. The monoisotopic (exact) mass is 327 g/mol. The largest absolute Gasteiger partial charge is 0.297 e. The zero-order valence-corrected chi connectivity index (χ0v) is 15.5. The van der Waals surface area contributed by atoms with Crippen LogP contribution in [0.15, 0.2) is 0 Å². The van der Waals surface area contributed by atoms with Crippen LogP contribution in [-0.4, -0.2) is 23.5 Å². The summed E-state index contributed by atoms with van der Waals surface area (Å²) in [5.74, 6) is 7.85. The summed E-state index contributed by atoms with van der Waals surface area (Å²) in [7, 11) is 0. The molecule has 6 rings (SSSR count). The average molecular weight is 328 g/mol. The smallest absolute Gasteiger partial charge is 0.0129 e. The van der Waals surface area contributed by atoms with Crippen molar-refractivity contribution in [2.45, 2.75) is 95.6 Å². The van der Waals surface area contributed by atoms with Crippen molar-refractivity contribution in [1.29, 1.82) is 0 Å². The zero-order valence-electron chi connectivity index (χ0n) is 15.5. The molecule has 0 radical (unpaired) electrons. The molecule has 9 unspecified atom stereocenters. The zero-order chi connectivity index (χ0) is 15.7. The summed E-state index contributed by atoms with van der Waals surface area (Å²) >= 11 is 0. The van der Waals surface area contributed by atoms with E-state index in [1.165, 1.54) is 6.54 Å². The van der Waals surface area contributed by atoms with Crippen molar-refractivity contribution in [3.63, 3.8) is 0 Å². The minimum absolute atomic E-state index is 1.00. The third-order valence-electron chi connectivity index (χ3n) is 10.1. The van der Waals surface area contributed by atoms with Gasteiger partial charge in [-0.2, -0.15) is 0 Å². The van der Waals surface area contributed by atoms with Crippen LogP contribution in [0.25, 0.3) is 0 Å². The molecule has 9 atom stereocenters. The molecule has 6 fully saturated rings. The van der Waals surface area contributed by atoms with Crippen LogP contribution in [0.2, 0.25) is 0 Å². The van der Waals surface area contributed by atoms with Gasteiger partial charge in [-0.3, -0.25) is 4.90 Å². The van der Waals surface area contributed by atoms with E-state index in [0.717, 1.165) is 53.5 Å². The Bertz CT molecular complexity index is 484. The number of nitrogens with zero attached hydrogens (tertiary/aromatic N) is 1. The number of rotatable bonds is 0. The van der Waals surface area contributed by atoms with Crippen molar-refractivity contribution >= 4 is 0 Å². The maximum Gasteiger partial charge on any atom is 0.0129 e. The van der Waals surface area contributed by atoms with E-state index in [1.807, 2.05) is 0 Å². The molecule has 0 N–H and O–H groups in total. The molecule has 0 amide bonds. The molecule has 2 aliphatic heterocycles. The molecule has 4 aliphatic carbocycles. The van der Waals surface area contributed by atoms with Gasteiger partial charge in [-0.25, -0.2) is 0 Å². The van der Waals surface area contributed by atoms with Crippen LogP contribution in [0, 0.1) is 41.4 Å². The molecular weight excluding hydrogens is 290 g/mol. The van der Waals surface area contributed by atoms with E-state index < -0.39 is 0 Å². The van der Waals surface area contributed by atoms with E-state index in [0.29, 0.717) is 0 Å². The number of piperidine rings is 2. The second-order valence-electron chi connectivity index (χ2n) is 10.7. The Morgan fingerprint density at radius 3 is 2.21 bits per heavy atom. The number of hydrogen-bond acceptors (Lipinski definition) is 1. The maximum atomic E-state index is 3.12. The summed E-state index contributed by atoms with van der Waals surface area (Å²) in [6.45, 7) is 1.48. The van der Waals surface area contributed by atoms with E-state index in [2.05, 4.69) is 4.90 Å². The van der Waals surface area contributed by atoms with Gasteiger partial charge in [-0.15, -0.1) is 0 Å². The van der Waals surface area contributed by atoms with Gasteiger partial charge in [0.25, 0.3) is 0 Å². The summed E-state index contributed by atoms with van der Waals surface area (Å²) in [4.78, 5) is 3.12. The number of fused-ring (bicyclic) bond motifs is 8. The summed E-state index contributed by atoms with van der Waals surface area (Å²) < 4.78 is 0. The summed E-state index contributed by atoms with van der Waals surface area (Å²) in [5.41, 5.74) is 0. The van der Waals surface area contributed by atoms with Crippen molar-refractivity contribution in [2.24, 2.45) is 41.4 Å². The standard InChI is InChI=1S/C23H37N/c1-4-16-13-18-8-10-22-21-9-7-15-3-2-6-19(15)20(21)11-12-24(22)23(18)14-17(16)5-1/h15-23H,1-14H2. The van der Waals surface area contributed by atoms with Gasteiger partial charge in [0.05, 0.1) is 0 Å². The van der Waals surface area contributed by atoms with Crippen LogP contribution in [0.5, 0.6) is 0 Å². The molecule has 0 bridgehead atoms. The van der Waals surface area contributed by atoms with Crippen LogP contribution >= 0.6 is 0 Å². The van der Waals surface area contributed by atoms with Crippen molar-refractivity contribution in [3.8, 4) is 0 Å². The van der Waals surface area contributed by atoms with Crippen LogP contribution in [0.1, 0.15) is 83.5 Å². The van der Waals surface area contributed by atoms with Crippen LogP contribution in [0.3, 0.4) is 0 Å². The first-order valence-electron chi connectivity index (χ1n) is 11.6. The van der Waals surface area contributed by atoms with Gasteiger partial charge < -0.3 is 0 Å². The molecule has 0 aromatic rings. The van der Waals surface area contributed by atoms with E-state index in [1.54, 1.807) is 83.5 Å². The first-order valence-corrected chi connectivity index (χ1v) is 11.6. The number of hydrogen-bond donors (Lipinski definition) is 0. The lowest BCUT2D eigenvalue weighted by molar-refractivity contribution is -0.0952. The Kier molecular flexibility index (Phi) is 3.60. The second-order valence-corrected chi connectivity index (χ2v) is 10.7. The van der Waals surface area contributed by atoms with Gasteiger partial charge in [-0.1, -0.05) is 32.1 Å². The fourth-order valence-electron chi connectivity index (χ4n) is 9.22. The molecule has 1 nitrogen and oxygen atoms in total. The SMILES string of the molecule is C1CC2CC3CCC4C5CCC6CCCC6C5CCN4C3CC2C1. The van der Waals surface area contributed by atoms with Crippen molar-refractivity contribution in [3.05, 3.63) is 0 Å². The highest BCUT2D eigenvalue weighted by atomic mass is 15.2. The average Bonchev–Trinajstić information content (AvgIpc) is 3.27. The van der Waals surface area contributed by atoms with E-state index in [9.17, 15) is 0 Å². The van der Waals surface area contributed by atoms with E-state index in [-0.39, 0.29) is 0 Å². The van der Waals surface area contributed by atoms with Gasteiger partial charge in [0.1, 0.15) is 0 Å². The fourth-order valence-corrected chi connectivity index (χ4v) is 9.22. The minimum Gasteiger partial charge on any atom is -0.297 e. The fraction of sp³-hybridized carbons (Fsp3) is 1.00. The molecule has 6 aliphatic rings. The van der Waals surface area contributed by atoms with Gasteiger partial charge in [-0.05, 0) is 99.3 Å². The third kappa shape index (κ3) is 2.15. The maximum absolute atomic E-state index is 3.12. The Labute approximate surface area is 148 Å². The molecule has 2 heterocycles. The molecule has 0 aromatic heterocycles. The van der Waals surface area contributed by atoms with Crippen LogP contribution in [0.4, 0.5) is 0 Å². The highest BCUT2D eigenvalue weighted by molar-refractivity contribution is 5.05. The van der Waals surface area contributed by atoms with E-state index in [4.69, 9.17) is 0 Å². The van der Waals surface area contributed by atoms with Gasteiger partial charge in [0, 0.05) is 12.1 Å². The lowest BCUT2D eigenvalue weighted by Gasteiger charge is -2.59. The Balaban J connectivity index is 1.23. The van der Waals surface area contributed by atoms with Crippen molar-refractivity contribution < 1.29 is 0 Å². The second kappa shape index (κ2) is 5.73. The van der Waals surface area contributed by atoms with Crippen LogP contribution in [-0.2, 0) is 0 Å². The normalized spacial score (nSPS) is 56.8. The topological polar surface area (TPSA) is 3.24 Å². The Morgan fingerprint density at radius 1 is 0.458 bits per heavy atom. The van der Waals surface area contributed by atoms with Gasteiger partial charge in [0.15, 0.2) is 0 Å². The quantitative estimate of drug-likeness (QED) is 0.568. The molecule has 4 saturated carbocycles. The van der Waals surface area contributed by atoms with Crippen LogP contribution < -0.4 is 0 Å². The third-order valence-corrected chi connectivity index (χ3v) is 10.1. The molecule has 1 heteroatoms. The molecule has 0 spiro atoms. The molecule has 24 heavy (non-hydrogen) atoms. The highest BCUT2D eigenvalue weighted by Gasteiger charge is 2.52. The van der Waals surface area contributed by atoms with Gasteiger partial charge >= 0.3 is 0 Å². The van der Waals surface area contributed by atoms with Gasteiger partial charge in [0.2, 0.25) is 0 Å². The molecule has 2 saturated heterocycles. The minimum atomic E-state index is 1.00. The summed E-state index contributed by atoms with van der Waals surface area (Å²) in [6, 6.07) is 2.01.